The van der Waals surface area contributed by atoms with Gasteiger partial charge in [0.05, 0.1) is 5.69 Å². The maximum Gasteiger partial charge on any atom is 0.322 e. The molecule has 1 heterocycles. The molecule has 0 bridgehead atoms. The van der Waals surface area contributed by atoms with E-state index in [1.807, 2.05) is 36.4 Å². The number of urea groups is 1. The van der Waals surface area contributed by atoms with Crippen molar-refractivity contribution in [2.24, 2.45) is 7.05 Å². The Morgan fingerprint density at radius 1 is 1.00 bits per heavy atom. The molecule has 1 N–H and O–H groups in total. The van der Waals surface area contributed by atoms with Crippen LogP contribution in [0.3, 0.4) is 0 Å². The van der Waals surface area contributed by atoms with Gasteiger partial charge in [-0.1, -0.05) is 61.4 Å². The molecule has 3 aromatic carbocycles. The first-order valence-electron chi connectivity index (χ1n) is 12.0. The quantitative estimate of drug-likeness (QED) is 0.322. The monoisotopic (exact) mass is 473 g/mol. The highest BCUT2D eigenvalue weighted by Crippen LogP contribution is 2.45. The van der Waals surface area contributed by atoms with Crippen LogP contribution in [-0.4, -0.2) is 22.0 Å². The van der Waals surface area contributed by atoms with Crippen LogP contribution >= 0.6 is 0 Å². The molecule has 4 nitrogen and oxygen atoms in total. The van der Waals surface area contributed by atoms with E-state index in [0.717, 1.165) is 43.4 Å². The summed E-state index contributed by atoms with van der Waals surface area (Å²) >= 11 is 0. The molecule has 5 rings (SSSR count). The third-order valence-corrected chi connectivity index (χ3v) is 7.20. The molecule has 0 atom stereocenters. The molecule has 35 heavy (non-hydrogen) atoms. The lowest BCUT2D eigenvalue weighted by Gasteiger charge is -2.36. The Morgan fingerprint density at radius 3 is 2.46 bits per heavy atom. The second-order valence-corrected chi connectivity index (χ2v) is 9.55. The Morgan fingerprint density at radius 2 is 1.71 bits per heavy atom. The van der Waals surface area contributed by atoms with Crippen molar-refractivity contribution in [2.45, 2.75) is 37.6 Å². The lowest BCUT2D eigenvalue weighted by atomic mass is 9.78. The number of amides is 2. The predicted octanol–water partition coefficient (Wildman–Crippen LogP) is 7.00. The molecular formula is C29H29F2N3O. The summed E-state index contributed by atoms with van der Waals surface area (Å²) in [5, 5.41) is 3.89. The van der Waals surface area contributed by atoms with Crippen molar-refractivity contribution in [1.82, 2.24) is 9.47 Å². The molecule has 0 radical (unpaired) electrons. The van der Waals surface area contributed by atoms with E-state index in [0.29, 0.717) is 13.1 Å². The average Bonchev–Trinajstić information content (AvgIpc) is 3.47. The number of para-hydroxylation sites is 1. The van der Waals surface area contributed by atoms with Crippen LogP contribution in [0.25, 0.3) is 10.9 Å². The van der Waals surface area contributed by atoms with E-state index in [-0.39, 0.29) is 11.1 Å². The van der Waals surface area contributed by atoms with E-state index in [9.17, 15) is 13.6 Å². The lowest BCUT2D eigenvalue weighted by Crippen LogP contribution is -2.44. The standard InChI is InChI=1S/C29H29F2N3O/c1-33-19-24(23-11-5-6-12-27(23)33)29(15-7-8-16-29)20-34(18-21-9-3-2-4-10-21)28(35)32-26-14-13-22(30)17-25(26)31/h2-6,9-14,17,19H,7-8,15-16,18,20H2,1H3,(H,32,35). The number of benzene rings is 3. The van der Waals surface area contributed by atoms with Gasteiger partial charge >= 0.3 is 6.03 Å². The summed E-state index contributed by atoms with van der Waals surface area (Å²) in [6.07, 6.45) is 6.34. The molecule has 1 aliphatic rings. The van der Waals surface area contributed by atoms with Crippen molar-refractivity contribution in [3.8, 4) is 0 Å². The van der Waals surface area contributed by atoms with E-state index < -0.39 is 17.7 Å². The number of fused-ring (bicyclic) bond motifs is 1. The molecule has 0 saturated heterocycles. The molecule has 0 unspecified atom stereocenters. The van der Waals surface area contributed by atoms with Crippen LogP contribution in [0, 0.1) is 11.6 Å². The maximum absolute atomic E-state index is 14.3. The summed E-state index contributed by atoms with van der Waals surface area (Å²) in [5.41, 5.74) is 3.19. The van der Waals surface area contributed by atoms with Gasteiger partial charge in [-0.15, -0.1) is 0 Å². The molecule has 180 valence electrons. The molecule has 0 aliphatic heterocycles. The fourth-order valence-corrected chi connectivity index (χ4v) is 5.48. The van der Waals surface area contributed by atoms with Gasteiger partial charge in [0.2, 0.25) is 0 Å². The van der Waals surface area contributed by atoms with Crippen LogP contribution in [-0.2, 0) is 19.0 Å². The number of aromatic nitrogens is 1. The summed E-state index contributed by atoms with van der Waals surface area (Å²) in [6, 6.07) is 21.0. The SMILES string of the molecule is Cn1cc(C2(CN(Cc3ccccc3)C(=O)Nc3ccc(F)cc3F)CCCC2)c2ccccc21. The van der Waals surface area contributed by atoms with E-state index >= 15 is 0 Å². The average molecular weight is 474 g/mol. The normalized spacial score (nSPS) is 14.8. The zero-order valence-corrected chi connectivity index (χ0v) is 19.8. The van der Waals surface area contributed by atoms with Crippen LogP contribution in [0.15, 0.2) is 79.0 Å². The Balaban J connectivity index is 1.51. The maximum atomic E-state index is 14.3. The van der Waals surface area contributed by atoms with Gasteiger partial charge in [0.25, 0.3) is 0 Å². The number of hydrogen-bond donors (Lipinski definition) is 1. The zero-order valence-electron chi connectivity index (χ0n) is 19.8. The molecule has 1 aliphatic carbocycles. The predicted molar refractivity (Wildman–Crippen MR) is 135 cm³/mol. The smallest absolute Gasteiger partial charge is 0.322 e. The first-order chi connectivity index (χ1) is 16.9. The van der Waals surface area contributed by atoms with Crippen LogP contribution in [0.1, 0.15) is 36.8 Å². The topological polar surface area (TPSA) is 37.3 Å². The van der Waals surface area contributed by atoms with Gasteiger partial charge in [0.15, 0.2) is 0 Å². The van der Waals surface area contributed by atoms with Gasteiger partial charge in [-0.3, -0.25) is 0 Å². The van der Waals surface area contributed by atoms with Crippen molar-refractivity contribution >= 4 is 22.6 Å². The van der Waals surface area contributed by atoms with Gasteiger partial charge in [0, 0.05) is 48.7 Å². The summed E-state index contributed by atoms with van der Waals surface area (Å²) in [4.78, 5) is 15.3. The zero-order chi connectivity index (χ0) is 24.4. The summed E-state index contributed by atoms with van der Waals surface area (Å²) in [5.74, 6) is -1.47. The molecule has 0 spiro atoms. The van der Waals surface area contributed by atoms with Crippen molar-refractivity contribution in [1.29, 1.82) is 0 Å². The second-order valence-electron chi connectivity index (χ2n) is 9.55. The molecular weight excluding hydrogens is 444 g/mol. The highest BCUT2D eigenvalue weighted by molar-refractivity contribution is 5.90. The fraction of sp³-hybridized carbons (Fsp3) is 0.276. The fourth-order valence-electron chi connectivity index (χ4n) is 5.48. The van der Waals surface area contributed by atoms with Crippen molar-refractivity contribution in [2.75, 3.05) is 11.9 Å². The minimum atomic E-state index is -0.789. The molecule has 1 saturated carbocycles. The Hall–Kier alpha value is -3.67. The van der Waals surface area contributed by atoms with E-state index in [1.54, 1.807) is 4.90 Å². The minimum absolute atomic E-state index is 0.0277. The van der Waals surface area contributed by atoms with Gasteiger partial charge < -0.3 is 14.8 Å². The summed E-state index contributed by atoms with van der Waals surface area (Å²) in [6.45, 7) is 0.895. The summed E-state index contributed by atoms with van der Waals surface area (Å²) < 4.78 is 29.9. The Labute approximate surface area is 204 Å². The third kappa shape index (κ3) is 4.65. The van der Waals surface area contributed by atoms with Crippen LogP contribution < -0.4 is 5.32 Å². The highest BCUT2D eigenvalue weighted by atomic mass is 19.1. The number of nitrogens with zero attached hydrogens (tertiary/aromatic N) is 2. The van der Waals surface area contributed by atoms with Crippen LogP contribution in [0.5, 0.6) is 0 Å². The Bertz CT molecular complexity index is 1340. The van der Waals surface area contributed by atoms with Crippen LogP contribution in [0.4, 0.5) is 19.3 Å². The largest absolute Gasteiger partial charge is 0.350 e. The first kappa shape index (κ1) is 23.1. The van der Waals surface area contributed by atoms with E-state index in [4.69, 9.17) is 0 Å². The van der Waals surface area contributed by atoms with E-state index in [2.05, 4.69) is 41.3 Å². The Kier molecular flexibility index (Phi) is 6.29. The number of hydrogen-bond acceptors (Lipinski definition) is 1. The number of anilines is 1. The van der Waals surface area contributed by atoms with Crippen molar-refractivity contribution in [3.63, 3.8) is 0 Å². The minimum Gasteiger partial charge on any atom is -0.350 e. The van der Waals surface area contributed by atoms with Crippen LogP contribution in [0.2, 0.25) is 0 Å². The second kappa shape index (κ2) is 9.53. The number of carbonyl (C=O) groups is 1. The number of carbonyl (C=O) groups excluding carboxylic acids is 1. The highest BCUT2D eigenvalue weighted by Gasteiger charge is 2.40. The van der Waals surface area contributed by atoms with E-state index in [1.165, 1.54) is 22.5 Å². The van der Waals surface area contributed by atoms with Crippen molar-refractivity contribution in [3.05, 3.63) is 102 Å². The third-order valence-electron chi connectivity index (χ3n) is 7.20. The van der Waals surface area contributed by atoms with Gasteiger partial charge in [-0.05, 0) is 42.2 Å². The number of rotatable bonds is 6. The molecule has 1 aromatic heterocycles. The van der Waals surface area contributed by atoms with Gasteiger partial charge in [0.1, 0.15) is 11.6 Å². The number of aryl methyl sites for hydroxylation is 1. The van der Waals surface area contributed by atoms with Gasteiger partial charge in [-0.2, -0.15) is 0 Å². The molecule has 1 fully saturated rings. The molecule has 4 aromatic rings. The first-order valence-corrected chi connectivity index (χ1v) is 12.0. The number of halogens is 2. The number of nitrogens with one attached hydrogen (secondary N) is 1. The summed E-state index contributed by atoms with van der Waals surface area (Å²) in [7, 11) is 2.06. The van der Waals surface area contributed by atoms with Gasteiger partial charge in [-0.25, -0.2) is 13.6 Å². The molecule has 6 heteroatoms. The lowest BCUT2D eigenvalue weighted by molar-refractivity contribution is 0.189. The van der Waals surface area contributed by atoms with Crippen molar-refractivity contribution < 1.29 is 13.6 Å². The molecule has 2 amide bonds.